The van der Waals surface area contributed by atoms with Crippen LogP contribution < -0.4 is 10.6 Å². The van der Waals surface area contributed by atoms with Crippen molar-refractivity contribution in [3.8, 4) is 0 Å². The quantitative estimate of drug-likeness (QED) is 0.650. The van der Waals surface area contributed by atoms with E-state index in [0.717, 1.165) is 10.9 Å². The van der Waals surface area contributed by atoms with E-state index in [-0.39, 0.29) is 11.4 Å². The summed E-state index contributed by atoms with van der Waals surface area (Å²) in [6, 6.07) is 4.97. The second kappa shape index (κ2) is 6.44. The Morgan fingerprint density at radius 3 is 2.82 bits per heavy atom. The number of benzene rings is 1. The predicted molar refractivity (Wildman–Crippen MR) is 83.4 cm³/mol. The number of rotatable bonds is 5. The highest BCUT2D eigenvalue weighted by molar-refractivity contribution is 6.31. The average molecular weight is 324 g/mol. The minimum Gasteiger partial charge on any atom is -0.384 e. The van der Waals surface area contributed by atoms with Gasteiger partial charge in [-0.1, -0.05) is 11.6 Å². The number of nitro groups is 1. The van der Waals surface area contributed by atoms with Crippen LogP contribution in [0.15, 0.2) is 24.4 Å². The molecule has 0 spiro atoms. The van der Waals surface area contributed by atoms with Crippen molar-refractivity contribution in [2.45, 2.75) is 6.92 Å². The number of aromatic nitrogens is 2. The maximum atomic E-state index is 12.3. The molecule has 0 atom stereocenters. The smallest absolute Gasteiger partial charge is 0.320 e. The third kappa shape index (κ3) is 3.17. The van der Waals surface area contributed by atoms with Crippen molar-refractivity contribution in [3.05, 3.63) is 45.2 Å². The summed E-state index contributed by atoms with van der Waals surface area (Å²) < 4.78 is 1.16. The standard InChI is InChI=1S/C13H14ClN5O3/c1-3-15-9-5-4-8(14)6-10(9)17-13(20)12-11(19(21)22)7-16-18(12)2/h4-7,15H,3H2,1-2H3,(H,17,20). The van der Waals surface area contributed by atoms with Gasteiger partial charge in [0.2, 0.25) is 5.69 Å². The molecular formula is C13H14ClN5O3. The lowest BCUT2D eigenvalue weighted by atomic mass is 10.2. The molecule has 0 unspecified atom stereocenters. The third-order valence-electron chi connectivity index (χ3n) is 2.93. The van der Waals surface area contributed by atoms with Crippen molar-refractivity contribution in [2.24, 2.45) is 7.05 Å². The normalized spacial score (nSPS) is 10.3. The Morgan fingerprint density at radius 2 is 2.18 bits per heavy atom. The molecule has 0 aliphatic rings. The van der Waals surface area contributed by atoms with Gasteiger partial charge in [0.15, 0.2) is 0 Å². The van der Waals surface area contributed by atoms with E-state index in [2.05, 4.69) is 15.7 Å². The van der Waals surface area contributed by atoms with Gasteiger partial charge >= 0.3 is 5.69 Å². The summed E-state index contributed by atoms with van der Waals surface area (Å²) in [5.41, 5.74) is 0.624. The molecule has 8 nitrogen and oxygen atoms in total. The summed E-state index contributed by atoms with van der Waals surface area (Å²) in [5.74, 6) is -0.631. The Labute approximate surface area is 131 Å². The van der Waals surface area contributed by atoms with Crippen LogP contribution in [-0.2, 0) is 7.05 Å². The summed E-state index contributed by atoms with van der Waals surface area (Å²) >= 11 is 5.93. The number of nitrogens with zero attached hydrogens (tertiary/aromatic N) is 3. The van der Waals surface area contributed by atoms with Crippen LogP contribution >= 0.6 is 11.6 Å². The average Bonchev–Trinajstić information content (AvgIpc) is 2.84. The maximum Gasteiger partial charge on any atom is 0.320 e. The Hall–Kier alpha value is -2.61. The molecule has 22 heavy (non-hydrogen) atoms. The number of aryl methyl sites for hydroxylation is 1. The topological polar surface area (TPSA) is 102 Å². The van der Waals surface area contributed by atoms with E-state index < -0.39 is 10.8 Å². The minimum atomic E-state index is -0.648. The molecule has 2 N–H and O–H groups in total. The van der Waals surface area contributed by atoms with Crippen molar-refractivity contribution < 1.29 is 9.72 Å². The summed E-state index contributed by atoms with van der Waals surface area (Å²) in [4.78, 5) is 22.6. The summed E-state index contributed by atoms with van der Waals surface area (Å²) in [6.45, 7) is 2.56. The highest BCUT2D eigenvalue weighted by atomic mass is 35.5. The van der Waals surface area contributed by atoms with Crippen LogP contribution in [0.5, 0.6) is 0 Å². The van der Waals surface area contributed by atoms with Crippen LogP contribution in [0.2, 0.25) is 5.02 Å². The second-order valence-electron chi connectivity index (χ2n) is 4.43. The Morgan fingerprint density at radius 1 is 1.45 bits per heavy atom. The molecule has 116 valence electrons. The molecule has 0 aliphatic heterocycles. The SMILES string of the molecule is CCNc1ccc(Cl)cc1NC(=O)c1c([N+](=O)[O-])cnn1C. The van der Waals surface area contributed by atoms with Crippen molar-refractivity contribution in [1.29, 1.82) is 0 Å². The number of hydrogen-bond acceptors (Lipinski definition) is 5. The van der Waals surface area contributed by atoms with Crippen molar-refractivity contribution in [2.75, 3.05) is 17.2 Å². The van der Waals surface area contributed by atoms with Crippen LogP contribution in [0.4, 0.5) is 17.1 Å². The first-order valence-electron chi connectivity index (χ1n) is 6.45. The first-order valence-corrected chi connectivity index (χ1v) is 6.83. The van der Waals surface area contributed by atoms with Crippen LogP contribution in [0, 0.1) is 10.1 Å². The molecule has 0 bridgehead atoms. The highest BCUT2D eigenvalue weighted by Gasteiger charge is 2.26. The molecule has 0 saturated carbocycles. The number of anilines is 2. The fourth-order valence-electron chi connectivity index (χ4n) is 1.97. The van der Waals surface area contributed by atoms with E-state index >= 15 is 0 Å². The Balaban J connectivity index is 2.35. The molecule has 2 rings (SSSR count). The molecule has 0 saturated heterocycles. The molecule has 0 fully saturated rings. The van der Waals surface area contributed by atoms with Gasteiger partial charge in [0.1, 0.15) is 6.20 Å². The predicted octanol–water partition coefficient (Wildman–Crippen LogP) is 2.67. The van der Waals surface area contributed by atoms with Crippen LogP contribution in [0.1, 0.15) is 17.4 Å². The number of amides is 1. The highest BCUT2D eigenvalue weighted by Crippen LogP contribution is 2.27. The zero-order valence-electron chi connectivity index (χ0n) is 12.0. The number of halogens is 1. The first-order chi connectivity index (χ1) is 10.4. The lowest BCUT2D eigenvalue weighted by Gasteiger charge is -2.12. The maximum absolute atomic E-state index is 12.3. The molecule has 2 aromatic rings. The van der Waals surface area contributed by atoms with Crippen LogP contribution in [0.25, 0.3) is 0 Å². The van der Waals surface area contributed by atoms with E-state index in [1.165, 1.54) is 7.05 Å². The molecule has 1 aromatic carbocycles. The van der Waals surface area contributed by atoms with Crippen LogP contribution in [-0.4, -0.2) is 27.2 Å². The van der Waals surface area contributed by atoms with Gasteiger partial charge in [-0.15, -0.1) is 0 Å². The van der Waals surface area contributed by atoms with Crippen molar-refractivity contribution in [1.82, 2.24) is 9.78 Å². The fourth-order valence-corrected chi connectivity index (χ4v) is 2.14. The molecule has 0 radical (unpaired) electrons. The number of carbonyl (C=O) groups is 1. The molecular weight excluding hydrogens is 310 g/mol. The van der Waals surface area contributed by atoms with Gasteiger partial charge in [0.05, 0.1) is 16.3 Å². The Kier molecular flexibility index (Phi) is 4.62. The van der Waals surface area contributed by atoms with E-state index in [0.29, 0.717) is 22.9 Å². The number of nitrogens with one attached hydrogen (secondary N) is 2. The van der Waals surface area contributed by atoms with Crippen LogP contribution in [0.3, 0.4) is 0 Å². The number of hydrogen-bond donors (Lipinski definition) is 2. The van der Waals surface area contributed by atoms with Gasteiger partial charge in [-0.05, 0) is 25.1 Å². The summed E-state index contributed by atoms with van der Waals surface area (Å²) in [7, 11) is 1.46. The van der Waals surface area contributed by atoms with Crippen molar-refractivity contribution >= 4 is 34.6 Å². The van der Waals surface area contributed by atoms with Gasteiger partial charge in [0, 0.05) is 18.6 Å². The lowest BCUT2D eigenvalue weighted by Crippen LogP contribution is -2.18. The van der Waals surface area contributed by atoms with E-state index in [1.807, 2.05) is 6.92 Å². The molecule has 9 heteroatoms. The number of carbonyl (C=O) groups excluding carboxylic acids is 1. The van der Waals surface area contributed by atoms with Gasteiger partial charge in [-0.3, -0.25) is 19.6 Å². The van der Waals surface area contributed by atoms with E-state index in [9.17, 15) is 14.9 Å². The van der Waals surface area contributed by atoms with E-state index in [4.69, 9.17) is 11.6 Å². The Bertz CT molecular complexity index is 728. The van der Waals surface area contributed by atoms with E-state index in [1.54, 1.807) is 18.2 Å². The first kappa shape index (κ1) is 15.8. The fraction of sp³-hybridized carbons (Fsp3) is 0.231. The zero-order chi connectivity index (χ0) is 16.3. The molecule has 1 aromatic heterocycles. The van der Waals surface area contributed by atoms with Gasteiger partial charge in [0.25, 0.3) is 5.91 Å². The lowest BCUT2D eigenvalue weighted by molar-refractivity contribution is -0.385. The molecule has 0 aliphatic carbocycles. The minimum absolute atomic E-state index is 0.132. The van der Waals surface area contributed by atoms with Crippen molar-refractivity contribution in [3.63, 3.8) is 0 Å². The monoisotopic (exact) mass is 323 g/mol. The largest absolute Gasteiger partial charge is 0.384 e. The van der Waals surface area contributed by atoms with Gasteiger partial charge < -0.3 is 10.6 Å². The molecule has 1 amide bonds. The second-order valence-corrected chi connectivity index (χ2v) is 4.87. The summed E-state index contributed by atoms with van der Waals surface area (Å²) in [5, 5.41) is 20.8. The van der Waals surface area contributed by atoms with Gasteiger partial charge in [-0.2, -0.15) is 5.10 Å². The van der Waals surface area contributed by atoms with Gasteiger partial charge in [-0.25, -0.2) is 0 Å². The molecule has 1 heterocycles. The summed E-state index contributed by atoms with van der Waals surface area (Å²) in [6.07, 6.45) is 1.04. The third-order valence-corrected chi connectivity index (χ3v) is 3.16. The zero-order valence-corrected chi connectivity index (χ0v) is 12.7.